The minimum atomic E-state index is -1.25. The van der Waals surface area contributed by atoms with Crippen molar-refractivity contribution < 1.29 is 24.0 Å². The van der Waals surface area contributed by atoms with Gasteiger partial charge in [-0.25, -0.2) is 4.79 Å². The van der Waals surface area contributed by atoms with Gasteiger partial charge in [0.05, 0.1) is 0 Å². The molecule has 0 aliphatic carbocycles. The predicted molar refractivity (Wildman–Crippen MR) is 59.4 cm³/mol. The first-order valence-corrected chi connectivity index (χ1v) is 5.60. The van der Waals surface area contributed by atoms with E-state index in [1.54, 1.807) is 0 Å². The normalized spacial score (nSPS) is 18.3. The SMILES string of the molecule is CC1(NC(=O)c2cc(C(=O)O)on2)CCOCC1. The summed E-state index contributed by atoms with van der Waals surface area (Å²) in [6, 6.07) is 1.11. The molecule has 1 aliphatic rings. The number of hydrogen-bond donors (Lipinski definition) is 2. The van der Waals surface area contributed by atoms with Gasteiger partial charge in [-0.1, -0.05) is 5.16 Å². The number of carboxylic acids is 1. The summed E-state index contributed by atoms with van der Waals surface area (Å²) in [5.74, 6) is -2.04. The van der Waals surface area contributed by atoms with Crippen LogP contribution >= 0.6 is 0 Å². The largest absolute Gasteiger partial charge is 0.475 e. The molecule has 1 aliphatic heterocycles. The molecule has 0 atom stereocenters. The van der Waals surface area contributed by atoms with Crippen LogP contribution in [0.25, 0.3) is 0 Å². The zero-order chi connectivity index (χ0) is 13.2. The Hall–Kier alpha value is -1.89. The summed E-state index contributed by atoms with van der Waals surface area (Å²) >= 11 is 0. The van der Waals surface area contributed by atoms with E-state index in [-0.39, 0.29) is 17.0 Å². The number of amides is 1. The van der Waals surface area contributed by atoms with Crippen molar-refractivity contribution in [2.75, 3.05) is 13.2 Å². The number of carboxylic acid groups (broad SMARTS) is 1. The van der Waals surface area contributed by atoms with E-state index in [1.807, 2.05) is 6.92 Å². The van der Waals surface area contributed by atoms with Gasteiger partial charge in [-0.2, -0.15) is 0 Å². The highest BCUT2D eigenvalue weighted by molar-refractivity contribution is 5.95. The van der Waals surface area contributed by atoms with Gasteiger partial charge in [0.15, 0.2) is 5.69 Å². The summed E-state index contributed by atoms with van der Waals surface area (Å²) in [7, 11) is 0. The van der Waals surface area contributed by atoms with Crippen LogP contribution in [0.1, 0.15) is 40.8 Å². The second-order valence-corrected chi connectivity index (χ2v) is 4.51. The number of aromatic nitrogens is 1. The highest BCUT2D eigenvalue weighted by Crippen LogP contribution is 2.20. The highest BCUT2D eigenvalue weighted by atomic mass is 16.5. The van der Waals surface area contributed by atoms with Gasteiger partial charge in [0, 0.05) is 24.8 Å². The van der Waals surface area contributed by atoms with Crippen LogP contribution in [0, 0.1) is 0 Å². The molecule has 1 aromatic rings. The molecule has 0 spiro atoms. The molecular formula is C11H14N2O5. The third-order valence-corrected chi connectivity index (χ3v) is 2.97. The first-order valence-electron chi connectivity index (χ1n) is 5.60. The summed E-state index contributed by atoms with van der Waals surface area (Å²) < 4.78 is 9.76. The molecule has 7 nitrogen and oxygen atoms in total. The van der Waals surface area contributed by atoms with E-state index < -0.39 is 11.9 Å². The van der Waals surface area contributed by atoms with Crippen molar-refractivity contribution in [2.45, 2.75) is 25.3 Å². The van der Waals surface area contributed by atoms with Crippen molar-refractivity contribution in [3.63, 3.8) is 0 Å². The standard InChI is InChI=1S/C11H14N2O5/c1-11(2-4-17-5-3-11)12-9(14)7-6-8(10(15)16)18-13-7/h6H,2-5H2,1H3,(H,12,14)(H,15,16). The fraction of sp³-hybridized carbons (Fsp3) is 0.545. The molecule has 1 saturated heterocycles. The topological polar surface area (TPSA) is 102 Å². The summed E-state index contributed by atoms with van der Waals surface area (Å²) in [5, 5.41) is 14.9. The lowest BCUT2D eigenvalue weighted by molar-refractivity contribution is 0.0419. The fourth-order valence-corrected chi connectivity index (χ4v) is 1.77. The molecular weight excluding hydrogens is 240 g/mol. The van der Waals surface area contributed by atoms with E-state index >= 15 is 0 Å². The third kappa shape index (κ3) is 2.67. The van der Waals surface area contributed by atoms with Crippen LogP contribution in [-0.4, -0.2) is 40.9 Å². The number of hydrogen-bond acceptors (Lipinski definition) is 5. The molecule has 18 heavy (non-hydrogen) atoms. The Morgan fingerprint density at radius 3 is 2.67 bits per heavy atom. The molecule has 2 N–H and O–H groups in total. The summed E-state index contributed by atoms with van der Waals surface area (Å²) in [6.45, 7) is 3.11. The minimum Gasteiger partial charge on any atom is -0.475 e. The van der Waals surface area contributed by atoms with Gasteiger partial charge in [0.25, 0.3) is 5.91 Å². The molecule has 7 heteroatoms. The second-order valence-electron chi connectivity index (χ2n) is 4.51. The Morgan fingerprint density at radius 1 is 1.44 bits per heavy atom. The lowest BCUT2D eigenvalue weighted by Crippen LogP contribution is -2.49. The van der Waals surface area contributed by atoms with Crippen molar-refractivity contribution in [1.82, 2.24) is 10.5 Å². The Morgan fingerprint density at radius 2 is 2.11 bits per heavy atom. The molecule has 1 amide bonds. The number of carbonyl (C=O) groups excluding carboxylic acids is 1. The summed E-state index contributed by atoms with van der Waals surface area (Å²) in [6.07, 6.45) is 1.42. The average Bonchev–Trinajstić information content (AvgIpc) is 2.78. The van der Waals surface area contributed by atoms with Gasteiger partial charge in [-0.05, 0) is 19.8 Å². The highest BCUT2D eigenvalue weighted by Gasteiger charge is 2.30. The van der Waals surface area contributed by atoms with Crippen LogP contribution in [0.4, 0.5) is 0 Å². The molecule has 1 fully saturated rings. The van der Waals surface area contributed by atoms with Crippen LogP contribution in [0.3, 0.4) is 0 Å². The number of aromatic carboxylic acids is 1. The molecule has 98 valence electrons. The van der Waals surface area contributed by atoms with Gasteiger partial charge in [0.1, 0.15) is 0 Å². The predicted octanol–water partition coefficient (Wildman–Crippen LogP) is 0.672. The van der Waals surface area contributed by atoms with Crippen LogP contribution in [0.15, 0.2) is 10.6 Å². The van der Waals surface area contributed by atoms with Crippen LogP contribution < -0.4 is 5.32 Å². The van der Waals surface area contributed by atoms with E-state index in [9.17, 15) is 9.59 Å². The first-order chi connectivity index (χ1) is 8.50. The Labute approximate surface area is 103 Å². The lowest BCUT2D eigenvalue weighted by atomic mass is 9.92. The van der Waals surface area contributed by atoms with Gasteiger partial charge >= 0.3 is 5.97 Å². The summed E-state index contributed by atoms with van der Waals surface area (Å²) in [4.78, 5) is 22.5. The number of nitrogens with one attached hydrogen (secondary N) is 1. The Balaban J connectivity index is 2.04. The van der Waals surface area contributed by atoms with Gasteiger partial charge in [-0.15, -0.1) is 0 Å². The third-order valence-electron chi connectivity index (χ3n) is 2.97. The van der Waals surface area contributed by atoms with Gasteiger partial charge in [0.2, 0.25) is 5.76 Å². The average molecular weight is 254 g/mol. The number of nitrogens with zero attached hydrogens (tertiary/aromatic N) is 1. The maximum Gasteiger partial charge on any atom is 0.374 e. The van der Waals surface area contributed by atoms with E-state index in [0.717, 1.165) is 6.07 Å². The number of carbonyl (C=O) groups is 2. The zero-order valence-corrected chi connectivity index (χ0v) is 9.93. The second kappa shape index (κ2) is 4.77. The lowest BCUT2D eigenvalue weighted by Gasteiger charge is -2.34. The maximum absolute atomic E-state index is 11.9. The monoisotopic (exact) mass is 254 g/mol. The fourth-order valence-electron chi connectivity index (χ4n) is 1.77. The molecule has 2 rings (SSSR count). The molecule has 0 bridgehead atoms. The maximum atomic E-state index is 11.9. The number of ether oxygens (including phenoxy) is 1. The van der Waals surface area contributed by atoms with Crippen molar-refractivity contribution in [3.8, 4) is 0 Å². The van der Waals surface area contributed by atoms with Crippen molar-refractivity contribution in [3.05, 3.63) is 17.5 Å². The quantitative estimate of drug-likeness (QED) is 0.822. The van der Waals surface area contributed by atoms with Crippen molar-refractivity contribution in [2.24, 2.45) is 0 Å². The number of rotatable bonds is 3. The molecule has 0 aromatic carbocycles. The minimum absolute atomic E-state index is 0.0277. The van der Waals surface area contributed by atoms with Crippen LogP contribution in [0.2, 0.25) is 0 Å². The first kappa shape index (κ1) is 12.6. The molecule has 0 unspecified atom stereocenters. The van der Waals surface area contributed by atoms with Crippen LogP contribution in [0.5, 0.6) is 0 Å². The molecule has 0 saturated carbocycles. The van der Waals surface area contributed by atoms with Crippen LogP contribution in [-0.2, 0) is 4.74 Å². The molecule has 2 heterocycles. The van der Waals surface area contributed by atoms with E-state index in [4.69, 9.17) is 9.84 Å². The Kier molecular flexibility index (Phi) is 3.33. The van der Waals surface area contributed by atoms with E-state index in [2.05, 4.69) is 15.0 Å². The smallest absolute Gasteiger partial charge is 0.374 e. The van der Waals surface area contributed by atoms with Gasteiger partial charge in [-0.3, -0.25) is 4.79 Å². The van der Waals surface area contributed by atoms with Gasteiger partial charge < -0.3 is 19.7 Å². The van der Waals surface area contributed by atoms with E-state index in [1.165, 1.54) is 0 Å². The summed E-state index contributed by atoms with van der Waals surface area (Å²) in [5.41, 5.74) is -0.377. The van der Waals surface area contributed by atoms with E-state index in [0.29, 0.717) is 26.1 Å². The molecule has 1 aromatic heterocycles. The Bertz CT molecular complexity index is 462. The molecule has 0 radical (unpaired) electrons. The van der Waals surface area contributed by atoms with Crippen molar-refractivity contribution >= 4 is 11.9 Å². The zero-order valence-electron chi connectivity index (χ0n) is 9.93. The van der Waals surface area contributed by atoms with Crippen molar-refractivity contribution in [1.29, 1.82) is 0 Å².